The Hall–Kier alpha value is 0.260. The molecule has 116 valence electrons. The second kappa shape index (κ2) is 13.3. The van der Waals surface area contributed by atoms with Crippen molar-refractivity contribution in [2.24, 2.45) is 0 Å². The molecule has 0 aromatic rings. The SMILES string of the molecule is CCCCCCCCCCCCCCSS(=O)(=O)O. The highest BCUT2D eigenvalue weighted by atomic mass is 33.1. The van der Waals surface area contributed by atoms with Crippen molar-refractivity contribution in [3.63, 3.8) is 0 Å². The Balaban J connectivity index is 3.03. The molecular weight excluding hydrogens is 280 g/mol. The van der Waals surface area contributed by atoms with Crippen molar-refractivity contribution in [1.29, 1.82) is 0 Å². The molecule has 0 aromatic carbocycles. The largest absolute Gasteiger partial charge is 0.319 e. The molecule has 0 amide bonds. The summed E-state index contributed by atoms with van der Waals surface area (Å²) in [7, 11) is -3.18. The lowest BCUT2D eigenvalue weighted by Crippen LogP contribution is -1.92. The average molecular weight is 311 g/mol. The van der Waals surface area contributed by atoms with Crippen LogP contribution >= 0.6 is 10.8 Å². The first-order valence-corrected chi connectivity index (χ1v) is 10.6. The number of hydrogen-bond donors (Lipinski definition) is 1. The van der Waals surface area contributed by atoms with E-state index in [4.69, 9.17) is 4.55 Å². The summed E-state index contributed by atoms with van der Waals surface area (Å²) in [6.07, 6.45) is 15.2. The first kappa shape index (κ1) is 19.3. The predicted molar refractivity (Wildman–Crippen MR) is 85.1 cm³/mol. The molecule has 5 heteroatoms. The summed E-state index contributed by atoms with van der Waals surface area (Å²) >= 11 is 0. The minimum absolute atomic E-state index is 0.510. The molecule has 0 radical (unpaired) electrons. The maximum atomic E-state index is 10.5. The molecule has 0 saturated heterocycles. The van der Waals surface area contributed by atoms with Crippen LogP contribution in [0.15, 0.2) is 0 Å². The van der Waals surface area contributed by atoms with Crippen LogP contribution in [-0.2, 0) is 9.15 Å². The zero-order valence-electron chi connectivity index (χ0n) is 12.3. The summed E-state index contributed by atoms with van der Waals surface area (Å²) in [6, 6.07) is 0. The van der Waals surface area contributed by atoms with Crippen LogP contribution in [0.4, 0.5) is 0 Å². The van der Waals surface area contributed by atoms with E-state index in [1.807, 2.05) is 0 Å². The summed E-state index contributed by atoms with van der Waals surface area (Å²) in [4.78, 5) is 0. The highest BCUT2D eigenvalue weighted by molar-refractivity contribution is 8.69. The smallest absolute Gasteiger partial charge is 0.277 e. The Morgan fingerprint density at radius 1 is 0.737 bits per heavy atom. The van der Waals surface area contributed by atoms with Gasteiger partial charge in [0.05, 0.1) is 0 Å². The average Bonchev–Trinajstić information content (AvgIpc) is 2.34. The lowest BCUT2D eigenvalue weighted by Gasteiger charge is -2.02. The number of unbranched alkanes of at least 4 members (excludes halogenated alkanes) is 11. The zero-order valence-corrected chi connectivity index (χ0v) is 13.9. The Morgan fingerprint density at radius 3 is 1.47 bits per heavy atom. The van der Waals surface area contributed by atoms with Crippen molar-refractivity contribution in [3.05, 3.63) is 0 Å². The van der Waals surface area contributed by atoms with E-state index in [0.717, 1.165) is 12.8 Å². The molecule has 0 atom stereocenters. The second-order valence-electron chi connectivity index (χ2n) is 5.14. The minimum atomic E-state index is -3.82. The van der Waals surface area contributed by atoms with Crippen LogP contribution in [-0.4, -0.2) is 18.7 Å². The molecule has 0 bridgehead atoms. The fourth-order valence-corrected chi connectivity index (χ4v) is 3.63. The van der Waals surface area contributed by atoms with Crippen molar-refractivity contribution in [3.8, 4) is 0 Å². The molecule has 0 aromatic heterocycles. The lowest BCUT2D eigenvalue weighted by molar-refractivity contribution is 0.503. The summed E-state index contributed by atoms with van der Waals surface area (Å²) in [6.45, 7) is 2.24. The Kier molecular flexibility index (Phi) is 13.4. The first-order chi connectivity index (χ1) is 9.06. The molecule has 0 aliphatic carbocycles. The first-order valence-electron chi connectivity index (χ1n) is 7.68. The minimum Gasteiger partial charge on any atom is -0.277 e. The summed E-state index contributed by atoms with van der Waals surface area (Å²) in [5.74, 6) is 0.510. The second-order valence-corrected chi connectivity index (χ2v) is 8.61. The van der Waals surface area contributed by atoms with Crippen LogP contribution in [0.5, 0.6) is 0 Å². The monoisotopic (exact) mass is 310 g/mol. The van der Waals surface area contributed by atoms with Gasteiger partial charge in [0.2, 0.25) is 0 Å². The molecule has 1 N–H and O–H groups in total. The third kappa shape index (κ3) is 18.3. The van der Waals surface area contributed by atoms with E-state index in [-0.39, 0.29) is 0 Å². The molecule has 0 spiro atoms. The van der Waals surface area contributed by atoms with Gasteiger partial charge < -0.3 is 0 Å². The van der Waals surface area contributed by atoms with Crippen LogP contribution in [0.3, 0.4) is 0 Å². The van der Waals surface area contributed by atoms with Gasteiger partial charge in [-0.1, -0.05) is 77.6 Å². The van der Waals surface area contributed by atoms with E-state index in [1.165, 1.54) is 64.2 Å². The highest BCUT2D eigenvalue weighted by Crippen LogP contribution is 2.15. The van der Waals surface area contributed by atoms with E-state index in [2.05, 4.69) is 6.92 Å². The number of hydrogen-bond acceptors (Lipinski definition) is 3. The van der Waals surface area contributed by atoms with Gasteiger partial charge in [0, 0.05) is 5.75 Å². The van der Waals surface area contributed by atoms with Crippen molar-refractivity contribution in [1.82, 2.24) is 0 Å². The van der Waals surface area contributed by atoms with Crippen LogP contribution in [0.1, 0.15) is 84.0 Å². The van der Waals surface area contributed by atoms with E-state index in [1.54, 1.807) is 0 Å². The summed E-state index contributed by atoms with van der Waals surface area (Å²) in [5, 5.41) is 0. The Morgan fingerprint density at radius 2 is 1.11 bits per heavy atom. The molecule has 0 heterocycles. The highest BCUT2D eigenvalue weighted by Gasteiger charge is 2.03. The molecule has 0 unspecified atom stereocenters. The van der Waals surface area contributed by atoms with Gasteiger partial charge in [-0.25, -0.2) is 0 Å². The molecular formula is C14H30O3S2. The van der Waals surface area contributed by atoms with Gasteiger partial charge in [0.1, 0.15) is 0 Å². The molecule has 0 aliphatic heterocycles. The van der Waals surface area contributed by atoms with Gasteiger partial charge in [0.25, 0.3) is 0 Å². The van der Waals surface area contributed by atoms with Crippen molar-refractivity contribution in [2.75, 3.05) is 5.75 Å². The van der Waals surface area contributed by atoms with Crippen molar-refractivity contribution in [2.45, 2.75) is 84.0 Å². The van der Waals surface area contributed by atoms with Gasteiger partial charge in [-0.2, -0.15) is 8.42 Å². The summed E-state index contributed by atoms with van der Waals surface area (Å²) < 4.78 is 29.4. The fourth-order valence-electron chi connectivity index (χ4n) is 2.11. The third-order valence-corrected chi connectivity index (χ3v) is 5.38. The van der Waals surface area contributed by atoms with E-state index >= 15 is 0 Å². The Labute approximate surface area is 123 Å². The quantitative estimate of drug-likeness (QED) is 0.271. The maximum absolute atomic E-state index is 10.5. The fraction of sp³-hybridized carbons (Fsp3) is 1.00. The van der Waals surface area contributed by atoms with Gasteiger partial charge >= 0.3 is 9.15 Å². The van der Waals surface area contributed by atoms with E-state index in [0.29, 0.717) is 16.5 Å². The van der Waals surface area contributed by atoms with E-state index in [9.17, 15) is 8.42 Å². The lowest BCUT2D eigenvalue weighted by atomic mass is 10.1. The van der Waals surface area contributed by atoms with Crippen LogP contribution in [0, 0.1) is 0 Å². The van der Waals surface area contributed by atoms with E-state index < -0.39 is 9.15 Å². The van der Waals surface area contributed by atoms with Crippen molar-refractivity contribution < 1.29 is 13.0 Å². The maximum Gasteiger partial charge on any atom is 0.319 e. The molecule has 0 fully saturated rings. The molecule has 0 saturated carbocycles. The van der Waals surface area contributed by atoms with Gasteiger partial charge in [-0.15, -0.1) is 0 Å². The Bertz CT molecular complexity index is 276. The molecule has 19 heavy (non-hydrogen) atoms. The van der Waals surface area contributed by atoms with Gasteiger partial charge in [0.15, 0.2) is 0 Å². The van der Waals surface area contributed by atoms with Gasteiger partial charge in [-0.05, 0) is 17.2 Å². The van der Waals surface area contributed by atoms with Crippen molar-refractivity contribution >= 4 is 19.9 Å². The topological polar surface area (TPSA) is 54.4 Å². The molecule has 0 rings (SSSR count). The van der Waals surface area contributed by atoms with Crippen LogP contribution < -0.4 is 0 Å². The van der Waals surface area contributed by atoms with Crippen LogP contribution in [0.2, 0.25) is 0 Å². The predicted octanol–water partition coefficient (Wildman–Crippen LogP) is 5.22. The third-order valence-electron chi connectivity index (χ3n) is 3.23. The zero-order chi connectivity index (χ0) is 14.4. The van der Waals surface area contributed by atoms with Gasteiger partial charge in [-0.3, -0.25) is 4.55 Å². The van der Waals surface area contributed by atoms with Crippen LogP contribution in [0.25, 0.3) is 0 Å². The number of rotatable bonds is 14. The normalized spacial score (nSPS) is 11.9. The summed E-state index contributed by atoms with van der Waals surface area (Å²) in [5.41, 5.74) is 0. The molecule has 0 aliphatic rings. The molecule has 3 nitrogen and oxygen atoms in total. The standard InChI is InChI=1S/C14H30O3S2/c1-2-3-4-5-6-7-8-9-10-11-12-13-14-18-19(15,16)17/h2-14H2,1H3,(H,15,16,17).